The predicted molar refractivity (Wildman–Crippen MR) is 98.7 cm³/mol. The van der Waals surface area contributed by atoms with Gasteiger partial charge in [-0.1, -0.05) is 37.3 Å². The number of nitrogens with zero attached hydrogens (tertiary/aromatic N) is 1. The van der Waals surface area contributed by atoms with E-state index in [1.54, 1.807) is 6.08 Å². The molecule has 1 atom stereocenters. The van der Waals surface area contributed by atoms with E-state index in [9.17, 15) is 9.59 Å². The van der Waals surface area contributed by atoms with Crippen LogP contribution < -0.4 is 5.32 Å². The van der Waals surface area contributed by atoms with E-state index in [1.165, 1.54) is 6.92 Å². The number of hydrogen-bond donors (Lipinski definition) is 1. The number of ether oxygens (including phenoxy) is 1. The normalized spacial score (nSPS) is 18.6. The molecule has 0 spiro atoms. The molecule has 1 aliphatic rings. The fourth-order valence-corrected chi connectivity index (χ4v) is 2.95. The van der Waals surface area contributed by atoms with Crippen molar-refractivity contribution >= 4 is 17.9 Å². The second-order valence-electron chi connectivity index (χ2n) is 6.37. The number of likely N-dealkylation sites (tertiary alicyclic amines) is 1. The highest BCUT2D eigenvalue weighted by molar-refractivity contribution is 6.00. The summed E-state index contributed by atoms with van der Waals surface area (Å²) in [7, 11) is 0. The largest absolute Gasteiger partial charge is 0.378 e. The third-order valence-electron chi connectivity index (χ3n) is 4.17. The van der Waals surface area contributed by atoms with Crippen LogP contribution in [0.1, 0.15) is 45.1 Å². The zero-order chi connectivity index (χ0) is 18.1. The molecule has 2 amide bonds. The lowest BCUT2D eigenvalue weighted by Crippen LogP contribution is -2.38. The second-order valence-corrected chi connectivity index (χ2v) is 6.37. The van der Waals surface area contributed by atoms with Crippen LogP contribution in [0, 0.1) is 0 Å². The molecule has 1 aliphatic heterocycles. The zero-order valence-electron chi connectivity index (χ0n) is 15.2. The Kier molecular flexibility index (Phi) is 7.67. The summed E-state index contributed by atoms with van der Waals surface area (Å²) in [5.41, 5.74) is 1.21. The Hall–Kier alpha value is -2.14. The molecule has 1 unspecified atom stereocenters. The van der Waals surface area contributed by atoms with Crippen molar-refractivity contribution in [2.45, 2.75) is 45.6 Å². The van der Waals surface area contributed by atoms with Crippen molar-refractivity contribution in [1.29, 1.82) is 0 Å². The minimum atomic E-state index is -0.241. The van der Waals surface area contributed by atoms with E-state index in [4.69, 9.17) is 4.74 Å². The van der Waals surface area contributed by atoms with Gasteiger partial charge in [-0.05, 0) is 37.3 Å². The molecule has 1 saturated heterocycles. The maximum Gasteiger partial charge on any atom is 0.270 e. The first-order valence-corrected chi connectivity index (χ1v) is 9.05. The quantitative estimate of drug-likeness (QED) is 0.807. The van der Waals surface area contributed by atoms with Crippen LogP contribution in [-0.2, 0) is 14.3 Å². The van der Waals surface area contributed by atoms with Crippen molar-refractivity contribution in [2.75, 3.05) is 19.7 Å². The molecular weight excluding hydrogens is 316 g/mol. The minimum Gasteiger partial charge on any atom is -0.378 e. The van der Waals surface area contributed by atoms with Crippen LogP contribution in [0.25, 0.3) is 6.08 Å². The lowest BCUT2D eigenvalue weighted by molar-refractivity contribution is -0.129. The molecule has 2 rings (SSSR count). The van der Waals surface area contributed by atoms with Crippen molar-refractivity contribution in [3.05, 3.63) is 41.6 Å². The summed E-state index contributed by atoms with van der Waals surface area (Å²) in [5, 5.41) is 2.69. The van der Waals surface area contributed by atoms with E-state index in [0.717, 1.165) is 37.9 Å². The Morgan fingerprint density at radius 1 is 1.24 bits per heavy atom. The molecule has 1 aromatic rings. The Morgan fingerprint density at radius 3 is 2.68 bits per heavy atom. The first-order chi connectivity index (χ1) is 12.1. The molecule has 25 heavy (non-hydrogen) atoms. The van der Waals surface area contributed by atoms with Gasteiger partial charge in [0.05, 0.1) is 6.10 Å². The lowest BCUT2D eigenvalue weighted by Gasteiger charge is -2.22. The van der Waals surface area contributed by atoms with E-state index < -0.39 is 0 Å². The number of nitrogens with one attached hydrogen (secondary N) is 1. The van der Waals surface area contributed by atoms with Crippen LogP contribution in [0.2, 0.25) is 0 Å². The molecule has 0 saturated carbocycles. The molecule has 5 heteroatoms. The Balaban J connectivity index is 2.08. The highest BCUT2D eigenvalue weighted by atomic mass is 16.5. The predicted octanol–water partition coefficient (Wildman–Crippen LogP) is 2.97. The van der Waals surface area contributed by atoms with Gasteiger partial charge in [-0.2, -0.15) is 0 Å². The van der Waals surface area contributed by atoms with Crippen LogP contribution in [0.5, 0.6) is 0 Å². The average Bonchev–Trinajstić information content (AvgIpc) is 2.85. The van der Waals surface area contributed by atoms with Crippen molar-refractivity contribution < 1.29 is 14.3 Å². The van der Waals surface area contributed by atoms with E-state index in [1.807, 2.05) is 35.2 Å². The zero-order valence-corrected chi connectivity index (χ0v) is 15.2. The van der Waals surface area contributed by atoms with Crippen molar-refractivity contribution in [3.63, 3.8) is 0 Å². The maximum atomic E-state index is 12.9. The SMILES string of the molecule is CCCOC1CCCN(C(=O)C(=Cc2ccccc2)NC(C)=O)CC1. The smallest absolute Gasteiger partial charge is 0.270 e. The number of hydrogen-bond acceptors (Lipinski definition) is 3. The molecule has 0 aromatic heterocycles. The summed E-state index contributed by atoms with van der Waals surface area (Å²) in [6, 6.07) is 9.55. The topological polar surface area (TPSA) is 58.6 Å². The van der Waals surface area contributed by atoms with Gasteiger partial charge >= 0.3 is 0 Å². The fraction of sp³-hybridized carbons (Fsp3) is 0.500. The average molecular weight is 344 g/mol. The Morgan fingerprint density at radius 2 is 2.00 bits per heavy atom. The van der Waals surface area contributed by atoms with Gasteiger partial charge in [0.1, 0.15) is 5.70 Å². The van der Waals surface area contributed by atoms with Gasteiger partial charge in [0, 0.05) is 26.6 Å². The second kappa shape index (κ2) is 9.99. The standard InChI is InChI=1S/C20H28N2O3/c1-3-14-25-18-10-7-12-22(13-11-18)20(24)19(21-16(2)23)15-17-8-5-4-6-9-17/h4-6,8-9,15,18H,3,7,10-14H2,1-2H3,(H,21,23). The summed E-state index contributed by atoms with van der Waals surface area (Å²) in [5.74, 6) is -0.371. The molecule has 0 bridgehead atoms. The lowest BCUT2D eigenvalue weighted by atomic mass is 10.1. The molecule has 136 valence electrons. The van der Waals surface area contributed by atoms with Gasteiger partial charge in [0.2, 0.25) is 5.91 Å². The first kappa shape index (κ1) is 19.2. The Labute approximate surface area is 150 Å². The van der Waals surface area contributed by atoms with E-state index in [2.05, 4.69) is 12.2 Å². The number of amides is 2. The third-order valence-corrected chi connectivity index (χ3v) is 4.17. The number of carbonyl (C=O) groups excluding carboxylic acids is 2. The van der Waals surface area contributed by atoms with Crippen molar-refractivity contribution in [2.24, 2.45) is 0 Å². The summed E-state index contributed by atoms with van der Waals surface area (Å²) >= 11 is 0. The van der Waals surface area contributed by atoms with Gasteiger partial charge in [-0.15, -0.1) is 0 Å². The fourth-order valence-electron chi connectivity index (χ4n) is 2.95. The minimum absolute atomic E-state index is 0.129. The van der Waals surface area contributed by atoms with Gasteiger partial charge in [0.25, 0.3) is 5.91 Å². The maximum absolute atomic E-state index is 12.9. The van der Waals surface area contributed by atoms with Gasteiger partial charge in [-0.3, -0.25) is 9.59 Å². The molecular formula is C20H28N2O3. The molecule has 1 N–H and O–H groups in total. The van der Waals surface area contributed by atoms with Gasteiger partial charge in [0.15, 0.2) is 0 Å². The van der Waals surface area contributed by atoms with Crippen LogP contribution in [0.15, 0.2) is 36.0 Å². The highest BCUT2D eigenvalue weighted by Crippen LogP contribution is 2.17. The monoisotopic (exact) mass is 344 g/mol. The summed E-state index contributed by atoms with van der Waals surface area (Å²) in [4.78, 5) is 26.3. The number of benzene rings is 1. The highest BCUT2D eigenvalue weighted by Gasteiger charge is 2.23. The van der Waals surface area contributed by atoms with E-state index >= 15 is 0 Å². The van der Waals surface area contributed by atoms with Crippen LogP contribution in [0.4, 0.5) is 0 Å². The van der Waals surface area contributed by atoms with Crippen LogP contribution in [-0.4, -0.2) is 42.5 Å². The summed E-state index contributed by atoms with van der Waals surface area (Å²) in [6.07, 6.45) is 5.69. The molecule has 0 aliphatic carbocycles. The Bertz CT molecular complexity index is 598. The molecule has 1 heterocycles. The summed E-state index contributed by atoms with van der Waals surface area (Å²) in [6.45, 7) is 5.63. The van der Waals surface area contributed by atoms with Crippen molar-refractivity contribution in [1.82, 2.24) is 10.2 Å². The molecule has 0 radical (unpaired) electrons. The van der Waals surface area contributed by atoms with Crippen molar-refractivity contribution in [3.8, 4) is 0 Å². The molecule has 1 aromatic carbocycles. The van der Waals surface area contributed by atoms with Gasteiger partial charge < -0.3 is 15.0 Å². The summed E-state index contributed by atoms with van der Waals surface area (Å²) < 4.78 is 5.84. The van der Waals surface area contributed by atoms with Gasteiger partial charge in [-0.25, -0.2) is 0 Å². The first-order valence-electron chi connectivity index (χ1n) is 9.05. The van der Waals surface area contributed by atoms with Crippen LogP contribution in [0.3, 0.4) is 0 Å². The molecule has 5 nitrogen and oxygen atoms in total. The third kappa shape index (κ3) is 6.35. The van der Waals surface area contributed by atoms with E-state index in [0.29, 0.717) is 18.8 Å². The van der Waals surface area contributed by atoms with E-state index in [-0.39, 0.29) is 17.9 Å². The molecule has 1 fully saturated rings. The number of rotatable bonds is 6. The number of carbonyl (C=O) groups is 2. The van der Waals surface area contributed by atoms with Crippen LogP contribution >= 0.6 is 0 Å².